The minimum absolute atomic E-state index is 0.00611. The Hall–Kier alpha value is -1.47. The third-order valence-corrected chi connectivity index (χ3v) is 3.46. The predicted molar refractivity (Wildman–Crippen MR) is 70.3 cm³/mol. The third kappa shape index (κ3) is 2.93. The third-order valence-electron chi connectivity index (χ3n) is 2.81. The molecule has 0 N–H and O–H groups in total. The van der Waals surface area contributed by atoms with Crippen LogP contribution in [0.3, 0.4) is 0 Å². The van der Waals surface area contributed by atoms with Crippen molar-refractivity contribution < 1.29 is 19.2 Å². The van der Waals surface area contributed by atoms with E-state index in [1.165, 1.54) is 12.1 Å². The highest BCUT2D eigenvalue weighted by molar-refractivity contribution is 9.10. The van der Waals surface area contributed by atoms with Crippen molar-refractivity contribution in [3.63, 3.8) is 0 Å². The number of hydrogen-bond donors (Lipinski definition) is 0. The average molecular weight is 330 g/mol. The first-order valence-corrected chi connectivity index (χ1v) is 6.57. The van der Waals surface area contributed by atoms with Crippen molar-refractivity contribution in [1.82, 2.24) is 0 Å². The molecule has 2 rings (SSSR count). The molecule has 0 amide bonds. The van der Waals surface area contributed by atoms with E-state index in [-0.39, 0.29) is 24.0 Å². The van der Waals surface area contributed by atoms with Crippen molar-refractivity contribution in [2.45, 2.75) is 25.6 Å². The number of ketones is 1. The van der Waals surface area contributed by atoms with E-state index in [1.807, 2.05) is 0 Å². The monoisotopic (exact) mass is 329 g/mol. The van der Waals surface area contributed by atoms with E-state index in [1.54, 1.807) is 13.0 Å². The summed E-state index contributed by atoms with van der Waals surface area (Å²) >= 11 is 3.26. The van der Waals surface area contributed by atoms with Gasteiger partial charge in [-0.1, -0.05) is 0 Å². The highest BCUT2D eigenvalue weighted by Gasteiger charge is 2.42. The zero-order valence-electron chi connectivity index (χ0n) is 10.2. The lowest BCUT2D eigenvalue weighted by molar-refractivity contribution is -0.385. The van der Waals surface area contributed by atoms with Crippen LogP contribution >= 0.6 is 15.9 Å². The summed E-state index contributed by atoms with van der Waals surface area (Å²) in [6, 6.07) is 4.25. The van der Waals surface area contributed by atoms with Crippen LogP contribution in [0.25, 0.3) is 0 Å². The predicted octanol–water partition coefficient (Wildman–Crippen LogP) is 2.48. The molecule has 0 saturated heterocycles. The zero-order valence-corrected chi connectivity index (χ0v) is 11.8. The summed E-state index contributed by atoms with van der Waals surface area (Å²) in [5.74, 6) is 0.338. The number of nitro groups is 1. The van der Waals surface area contributed by atoms with E-state index in [0.29, 0.717) is 16.8 Å². The lowest BCUT2D eigenvalue weighted by atomic mass is 9.90. The Morgan fingerprint density at radius 1 is 1.53 bits per heavy atom. The van der Waals surface area contributed by atoms with Crippen LogP contribution < -0.4 is 4.74 Å². The summed E-state index contributed by atoms with van der Waals surface area (Å²) in [5, 5.41) is 10.7. The first kappa shape index (κ1) is 14.0. The van der Waals surface area contributed by atoms with E-state index >= 15 is 0 Å². The molecular weight excluding hydrogens is 318 g/mol. The zero-order chi connectivity index (χ0) is 14.0. The van der Waals surface area contributed by atoms with Gasteiger partial charge in [-0.3, -0.25) is 14.9 Å². The van der Waals surface area contributed by atoms with Gasteiger partial charge < -0.3 is 9.47 Å². The van der Waals surface area contributed by atoms with Crippen LogP contribution in [-0.4, -0.2) is 29.5 Å². The second-order valence-electron chi connectivity index (χ2n) is 4.07. The molecule has 1 fully saturated rings. The number of ether oxygens (including phenoxy) is 2. The fourth-order valence-corrected chi connectivity index (χ4v) is 2.15. The molecule has 0 spiro atoms. The number of nitro benzene ring substituents is 1. The molecule has 0 heterocycles. The standard InChI is InChI=1S/C12H12BrNO5/c1-2-18-12-9(15)6-11(12)19-10-5-7(14(16)17)3-4-8(10)13/h3-5,11-12H,2,6H2,1H3. The maximum absolute atomic E-state index is 11.4. The lowest BCUT2D eigenvalue weighted by Gasteiger charge is -2.34. The minimum Gasteiger partial charge on any atom is -0.485 e. The second kappa shape index (κ2) is 5.66. The van der Waals surface area contributed by atoms with Crippen LogP contribution in [0.1, 0.15) is 13.3 Å². The van der Waals surface area contributed by atoms with Crippen LogP contribution in [0.5, 0.6) is 5.75 Å². The summed E-state index contributed by atoms with van der Waals surface area (Å²) in [6.07, 6.45) is -0.693. The van der Waals surface area contributed by atoms with Gasteiger partial charge in [-0.2, -0.15) is 0 Å². The summed E-state index contributed by atoms with van der Waals surface area (Å²) in [4.78, 5) is 21.6. The van der Waals surface area contributed by atoms with Gasteiger partial charge >= 0.3 is 0 Å². The number of halogens is 1. The second-order valence-corrected chi connectivity index (χ2v) is 4.93. The van der Waals surface area contributed by atoms with Crippen molar-refractivity contribution >= 4 is 27.4 Å². The normalized spacial score (nSPS) is 21.9. The van der Waals surface area contributed by atoms with Crippen LogP contribution in [-0.2, 0) is 9.53 Å². The largest absolute Gasteiger partial charge is 0.485 e. The number of rotatable bonds is 5. The SMILES string of the molecule is CCOC1C(=O)CC1Oc1cc([N+](=O)[O-])ccc1Br. The average Bonchev–Trinajstić information content (AvgIpc) is 2.37. The van der Waals surface area contributed by atoms with Gasteiger partial charge in [0.25, 0.3) is 5.69 Å². The van der Waals surface area contributed by atoms with Crippen LogP contribution in [0, 0.1) is 10.1 Å². The van der Waals surface area contributed by atoms with Crippen molar-refractivity contribution in [2.24, 2.45) is 0 Å². The number of carbonyl (C=O) groups excluding carboxylic acids is 1. The van der Waals surface area contributed by atoms with Crippen LogP contribution in [0.15, 0.2) is 22.7 Å². The van der Waals surface area contributed by atoms with E-state index < -0.39 is 11.0 Å². The topological polar surface area (TPSA) is 78.7 Å². The van der Waals surface area contributed by atoms with Gasteiger partial charge in [0.1, 0.15) is 11.9 Å². The maximum atomic E-state index is 11.4. The van der Waals surface area contributed by atoms with E-state index in [0.717, 1.165) is 0 Å². The summed E-state index contributed by atoms with van der Waals surface area (Å²) < 4.78 is 11.5. The van der Waals surface area contributed by atoms with Gasteiger partial charge in [0.15, 0.2) is 11.9 Å². The first-order chi connectivity index (χ1) is 9.02. The fraction of sp³-hybridized carbons (Fsp3) is 0.417. The summed E-state index contributed by atoms with van der Waals surface area (Å²) in [6.45, 7) is 2.22. The molecular formula is C12H12BrNO5. The number of hydrogen-bond acceptors (Lipinski definition) is 5. The highest BCUT2D eigenvalue weighted by atomic mass is 79.9. The highest BCUT2D eigenvalue weighted by Crippen LogP contribution is 2.33. The molecule has 0 aliphatic heterocycles. The van der Waals surface area contributed by atoms with Gasteiger partial charge in [-0.25, -0.2) is 0 Å². The Balaban J connectivity index is 2.13. The molecule has 1 aliphatic carbocycles. The Kier molecular flexibility index (Phi) is 4.16. The summed E-state index contributed by atoms with van der Waals surface area (Å²) in [7, 11) is 0. The van der Waals surface area contributed by atoms with E-state index in [9.17, 15) is 14.9 Å². The molecule has 7 heteroatoms. The van der Waals surface area contributed by atoms with Crippen molar-refractivity contribution in [1.29, 1.82) is 0 Å². The quantitative estimate of drug-likeness (QED) is 0.612. The lowest BCUT2D eigenvalue weighted by Crippen LogP contribution is -2.52. The van der Waals surface area contributed by atoms with E-state index in [4.69, 9.17) is 9.47 Å². The van der Waals surface area contributed by atoms with Crippen molar-refractivity contribution in [3.8, 4) is 5.75 Å². The molecule has 2 atom stereocenters. The fourth-order valence-electron chi connectivity index (χ4n) is 1.81. The Morgan fingerprint density at radius 3 is 2.84 bits per heavy atom. The number of Topliss-reactive ketones (excluding diaryl/α,β-unsaturated/α-hetero) is 1. The number of carbonyl (C=O) groups is 1. The minimum atomic E-state index is -0.573. The van der Waals surface area contributed by atoms with Gasteiger partial charge in [0.05, 0.1) is 15.5 Å². The van der Waals surface area contributed by atoms with Gasteiger partial charge in [-0.05, 0) is 28.9 Å². The number of nitrogens with zero attached hydrogens (tertiary/aromatic N) is 1. The molecule has 6 nitrogen and oxygen atoms in total. The van der Waals surface area contributed by atoms with Gasteiger partial charge in [0, 0.05) is 19.1 Å². The molecule has 2 unspecified atom stereocenters. The molecule has 1 aromatic rings. The van der Waals surface area contributed by atoms with E-state index in [2.05, 4.69) is 15.9 Å². The molecule has 1 saturated carbocycles. The Morgan fingerprint density at radius 2 is 2.26 bits per heavy atom. The summed E-state index contributed by atoms with van der Waals surface area (Å²) in [5.41, 5.74) is -0.0585. The van der Waals surface area contributed by atoms with Crippen LogP contribution in [0.4, 0.5) is 5.69 Å². The first-order valence-electron chi connectivity index (χ1n) is 5.78. The smallest absolute Gasteiger partial charge is 0.273 e. The van der Waals surface area contributed by atoms with Gasteiger partial charge in [-0.15, -0.1) is 0 Å². The van der Waals surface area contributed by atoms with Gasteiger partial charge in [0.2, 0.25) is 0 Å². The molecule has 0 aromatic heterocycles. The molecule has 0 bridgehead atoms. The molecule has 102 valence electrons. The molecule has 1 aliphatic rings. The maximum Gasteiger partial charge on any atom is 0.273 e. The van der Waals surface area contributed by atoms with Crippen molar-refractivity contribution in [3.05, 3.63) is 32.8 Å². The van der Waals surface area contributed by atoms with Crippen LogP contribution in [0.2, 0.25) is 0 Å². The number of non-ortho nitro benzene ring substituents is 1. The molecule has 1 aromatic carbocycles. The Labute approximate surface area is 118 Å². The Bertz CT molecular complexity index is 519. The molecule has 0 radical (unpaired) electrons. The molecule has 19 heavy (non-hydrogen) atoms. The number of benzene rings is 1. The van der Waals surface area contributed by atoms with Crippen molar-refractivity contribution in [2.75, 3.05) is 6.61 Å².